The summed E-state index contributed by atoms with van der Waals surface area (Å²) in [6.07, 6.45) is 0.582. The minimum absolute atomic E-state index is 0.384. The molecule has 0 heterocycles. The Labute approximate surface area is 121 Å². The van der Waals surface area contributed by atoms with Crippen molar-refractivity contribution in [3.8, 4) is 0 Å². The topological polar surface area (TPSA) is 58.6 Å². The molecule has 112 valence electrons. The van der Waals surface area contributed by atoms with Gasteiger partial charge in [0.2, 0.25) is 0 Å². The molecule has 0 aliphatic heterocycles. The van der Waals surface area contributed by atoms with E-state index in [2.05, 4.69) is 5.32 Å². The van der Waals surface area contributed by atoms with E-state index < -0.39 is 17.3 Å². The lowest BCUT2D eigenvalue weighted by molar-refractivity contribution is 0.0412. The monoisotopic (exact) mass is 279 g/mol. The number of carbonyl (C=O) groups is 1. The Morgan fingerprint density at radius 2 is 1.80 bits per heavy atom. The molecule has 0 radical (unpaired) electrons. The summed E-state index contributed by atoms with van der Waals surface area (Å²) >= 11 is 0. The second-order valence-corrected chi connectivity index (χ2v) is 6.34. The van der Waals surface area contributed by atoms with Gasteiger partial charge in [-0.25, -0.2) is 4.79 Å². The molecular weight excluding hydrogens is 254 g/mol. The number of benzene rings is 1. The predicted molar refractivity (Wildman–Crippen MR) is 79.6 cm³/mol. The standard InChI is InChI=1S/C16H25NO3/c1-15(2,3)20-14(18)17-11-10-16(4,19)12-13-8-6-5-7-9-13/h5-9,19H,10-12H2,1-4H3,(H,17,18). The number of hydrogen-bond acceptors (Lipinski definition) is 3. The van der Waals surface area contributed by atoms with Crippen LogP contribution in [0.25, 0.3) is 0 Å². The first-order chi connectivity index (χ1) is 9.18. The quantitative estimate of drug-likeness (QED) is 0.871. The fourth-order valence-electron chi connectivity index (χ4n) is 1.87. The number of ether oxygens (including phenoxy) is 1. The molecule has 20 heavy (non-hydrogen) atoms. The van der Waals surface area contributed by atoms with Gasteiger partial charge in [-0.1, -0.05) is 30.3 Å². The van der Waals surface area contributed by atoms with Crippen molar-refractivity contribution in [1.29, 1.82) is 0 Å². The lowest BCUT2D eigenvalue weighted by Gasteiger charge is -2.24. The van der Waals surface area contributed by atoms with Crippen LogP contribution in [-0.4, -0.2) is 28.9 Å². The number of rotatable bonds is 5. The summed E-state index contributed by atoms with van der Waals surface area (Å²) in [5.74, 6) is 0. The van der Waals surface area contributed by atoms with E-state index in [-0.39, 0.29) is 0 Å². The molecule has 0 aliphatic rings. The van der Waals surface area contributed by atoms with Crippen LogP contribution in [0, 0.1) is 0 Å². The maximum absolute atomic E-state index is 11.5. The van der Waals surface area contributed by atoms with Gasteiger partial charge < -0.3 is 15.2 Å². The molecule has 1 aromatic rings. The van der Waals surface area contributed by atoms with Crippen LogP contribution in [0.2, 0.25) is 0 Å². The van der Waals surface area contributed by atoms with Crippen LogP contribution in [0.15, 0.2) is 30.3 Å². The first-order valence-electron chi connectivity index (χ1n) is 6.91. The Morgan fingerprint density at radius 3 is 2.35 bits per heavy atom. The van der Waals surface area contributed by atoms with Crippen LogP contribution < -0.4 is 5.32 Å². The summed E-state index contributed by atoms with van der Waals surface area (Å²) in [5.41, 5.74) is -0.276. The smallest absolute Gasteiger partial charge is 0.407 e. The molecule has 0 aromatic heterocycles. The Bertz CT molecular complexity index is 421. The minimum atomic E-state index is -0.851. The van der Waals surface area contributed by atoms with Crippen LogP contribution in [0.1, 0.15) is 39.7 Å². The van der Waals surface area contributed by atoms with E-state index in [0.29, 0.717) is 19.4 Å². The molecule has 1 aromatic carbocycles. The highest BCUT2D eigenvalue weighted by Crippen LogP contribution is 2.16. The zero-order chi connectivity index (χ0) is 15.2. The maximum Gasteiger partial charge on any atom is 0.407 e. The van der Waals surface area contributed by atoms with Gasteiger partial charge in [0.25, 0.3) is 0 Å². The van der Waals surface area contributed by atoms with Crippen molar-refractivity contribution in [2.75, 3.05) is 6.54 Å². The molecule has 1 amide bonds. The van der Waals surface area contributed by atoms with Crippen molar-refractivity contribution in [2.45, 2.75) is 51.7 Å². The first kappa shape index (κ1) is 16.5. The summed E-state index contributed by atoms with van der Waals surface area (Å²) in [6.45, 7) is 7.61. The van der Waals surface area contributed by atoms with Crippen LogP contribution in [0.5, 0.6) is 0 Å². The van der Waals surface area contributed by atoms with Gasteiger partial charge in [0, 0.05) is 13.0 Å². The number of carbonyl (C=O) groups excluding carboxylic acids is 1. The number of nitrogens with one attached hydrogen (secondary N) is 1. The van der Waals surface area contributed by atoms with E-state index in [1.54, 1.807) is 6.92 Å². The molecule has 2 N–H and O–H groups in total. The van der Waals surface area contributed by atoms with Crippen LogP contribution in [0.4, 0.5) is 4.79 Å². The molecule has 0 spiro atoms. The van der Waals surface area contributed by atoms with Gasteiger partial charge in [0.05, 0.1) is 5.60 Å². The van der Waals surface area contributed by atoms with Gasteiger partial charge in [-0.05, 0) is 39.7 Å². The molecule has 0 saturated carbocycles. The van der Waals surface area contributed by atoms with Gasteiger partial charge in [-0.2, -0.15) is 0 Å². The summed E-state index contributed by atoms with van der Waals surface area (Å²) in [4.78, 5) is 11.5. The Morgan fingerprint density at radius 1 is 1.20 bits per heavy atom. The van der Waals surface area contributed by atoms with E-state index in [1.807, 2.05) is 51.1 Å². The van der Waals surface area contributed by atoms with Gasteiger partial charge >= 0.3 is 6.09 Å². The number of aliphatic hydroxyl groups is 1. The first-order valence-corrected chi connectivity index (χ1v) is 6.91. The molecule has 0 saturated heterocycles. The van der Waals surface area contributed by atoms with Gasteiger partial charge in [-0.15, -0.1) is 0 Å². The molecule has 4 heteroatoms. The summed E-state index contributed by atoms with van der Waals surface area (Å²) in [6, 6.07) is 9.81. The van der Waals surface area contributed by atoms with Crippen LogP contribution >= 0.6 is 0 Å². The average molecular weight is 279 g/mol. The SMILES string of the molecule is CC(O)(CCNC(=O)OC(C)(C)C)Cc1ccccc1. The lowest BCUT2D eigenvalue weighted by Crippen LogP contribution is -2.37. The highest BCUT2D eigenvalue weighted by Gasteiger charge is 2.22. The molecule has 1 atom stereocenters. The van der Waals surface area contributed by atoms with Crippen molar-refractivity contribution in [2.24, 2.45) is 0 Å². The molecule has 4 nitrogen and oxygen atoms in total. The molecule has 0 bridgehead atoms. The highest BCUT2D eigenvalue weighted by atomic mass is 16.6. The largest absolute Gasteiger partial charge is 0.444 e. The molecule has 1 unspecified atom stereocenters. The Hall–Kier alpha value is -1.55. The van der Waals surface area contributed by atoms with Crippen molar-refractivity contribution < 1.29 is 14.6 Å². The van der Waals surface area contributed by atoms with E-state index in [9.17, 15) is 9.90 Å². The fraction of sp³-hybridized carbons (Fsp3) is 0.562. The zero-order valence-electron chi connectivity index (χ0n) is 12.8. The highest BCUT2D eigenvalue weighted by molar-refractivity contribution is 5.67. The van der Waals surface area contributed by atoms with Crippen LogP contribution in [-0.2, 0) is 11.2 Å². The van der Waals surface area contributed by atoms with Crippen molar-refractivity contribution in [3.05, 3.63) is 35.9 Å². The Kier molecular flexibility index (Phi) is 5.57. The van der Waals surface area contributed by atoms with Crippen molar-refractivity contribution in [1.82, 2.24) is 5.32 Å². The normalized spacial score (nSPS) is 14.4. The molecule has 0 aliphatic carbocycles. The molecule has 0 fully saturated rings. The summed E-state index contributed by atoms with van der Waals surface area (Å²) < 4.78 is 5.14. The number of alkyl carbamates (subject to hydrolysis) is 1. The minimum Gasteiger partial charge on any atom is -0.444 e. The van der Waals surface area contributed by atoms with E-state index in [4.69, 9.17) is 4.74 Å². The van der Waals surface area contributed by atoms with Gasteiger partial charge in [-0.3, -0.25) is 0 Å². The Balaban J connectivity index is 2.35. The van der Waals surface area contributed by atoms with E-state index >= 15 is 0 Å². The van der Waals surface area contributed by atoms with Gasteiger partial charge in [0.1, 0.15) is 5.60 Å². The number of amides is 1. The number of hydrogen-bond donors (Lipinski definition) is 2. The molecule has 1 rings (SSSR count). The summed E-state index contributed by atoms with van der Waals surface area (Å²) in [7, 11) is 0. The predicted octanol–water partition coefficient (Wildman–Crippen LogP) is 2.89. The maximum atomic E-state index is 11.5. The lowest BCUT2D eigenvalue weighted by atomic mass is 9.93. The fourth-order valence-corrected chi connectivity index (χ4v) is 1.87. The van der Waals surface area contributed by atoms with E-state index in [1.165, 1.54) is 0 Å². The average Bonchev–Trinajstić information content (AvgIpc) is 2.26. The van der Waals surface area contributed by atoms with Crippen LogP contribution in [0.3, 0.4) is 0 Å². The second-order valence-electron chi connectivity index (χ2n) is 6.34. The van der Waals surface area contributed by atoms with Crippen molar-refractivity contribution in [3.63, 3.8) is 0 Å². The third kappa shape index (κ3) is 7.14. The third-order valence-electron chi connectivity index (χ3n) is 2.76. The summed E-state index contributed by atoms with van der Waals surface area (Å²) in [5, 5.41) is 13.0. The van der Waals surface area contributed by atoms with Crippen molar-refractivity contribution >= 4 is 6.09 Å². The molecular formula is C16H25NO3. The zero-order valence-corrected chi connectivity index (χ0v) is 12.8. The second kappa shape index (κ2) is 6.75. The third-order valence-corrected chi connectivity index (χ3v) is 2.76. The van der Waals surface area contributed by atoms with E-state index in [0.717, 1.165) is 5.56 Å². The van der Waals surface area contributed by atoms with Gasteiger partial charge in [0.15, 0.2) is 0 Å².